The Hall–Kier alpha value is -2.78. The van der Waals surface area contributed by atoms with Crippen LogP contribution in [0.3, 0.4) is 0 Å². The number of amides is 1. The van der Waals surface area contributed by atoms with Crippen LogP contribution >= 0.6 is 0 Å². The van der Waals surface area contributed by atoms with Gasteiger partial charge in [0.05, 0.1) is 30.9 Å². The zero-order valence-electron chi connectivity index (χ0n) is 19.4. The van der Waals surface area contributed by atoms with Crippen LogP contribution in [-0.2, 0) is 14.8 Å². The fourth-order valence-corrected chi connectivity index (χ4v) is 4.63. The van der Waals surface area contributed by atoms with Crippen molar-refractivity contribution in [2.45, 2.75) is 45.6 Å². The second kappa shape index (κ2) is 11.2. The van der Waals surface area contributed by atoms with Gasteiger partial charge in [0.2, 0.25) is 15.9 Å². The molecule has 1 atom stereocenters. The second-order valence-corrected chi connectivity index (χ2v) is 9.17. The topological polar surface area (TPSA) is 103 Å². The standard InChI is InChI=1S/C23H32N2O6S/c1-7-30-21-11-9-17(13-22(21)31-8-2)23(15(3)4)25-32(27,28)18-10-12-20(29-6)19(14-18)24-16(5)26/h9-15,23,25H,7-8H2,1-6H3,(H,24,26). The first-order valence-electron chi connectivity index (χ1n) is 10.5. The normalized spacial score (nSPS) is 12.3. The summed E-state index contributed by atoms with van der Waals surface area (Å²) in [4.78, 5) is 11.5. The lowest BCUT2D eigenvalue weighted by molar-refractivity contribution is -0.114. The molecule has 0 saturated carbocycles. The molecule has 0 heterocycles. The minimum atomic E-state index is -3.91. The third-order valence-electron chi connectivity index (χ3n) is 4.67. The predicted molar refractivity (Wildman–Crippen MR) is 124 cm³/mol. The Morgan fingerprint density at radius 2 is 1.59 bits per heavy atom. The molecule has 1 amide bonds. The van der Waals surface area contributed by atoms with Crippen molar-refractivity contribution in [1.29, 1.82) is 0 Å². The Kier molecular flexibility index (Phi) is 8.91. The molecular weight excluding hydrogens is 432 g/mol. The van der Waals surface area contributed by atoms with E-state index in [1.165, 1.54) is 32.2 Å². The van der Waals surface area contributed by atoms with E-state index in [-0.39, 0.29) is 22.4 Å². The van der Waals surface area contributed by atoms with E-state index in [0.29, 0.717) is 30.5 Å². The predicted octanol–water partition coefficient (Wildman–Crippen LogP) is 4.13. The van der Waals surface area contributed by atoms with E-state index in [0.717, 1.165) is 5.56 Å². The molecule has 0 aliphatic carbocycles. The molecule has 0 aliphatic heterocycles. The molecule has 0 bridgehead atoms. The Labute approximate surface area is 190 Å². The van der Waals surface area contributed by atoms with Crippen molar-refractivity contribution in [1.82, 2.24) is 4.72 Å². The minimum Gasteiger partial charge on any atom is -0.495 e. The number of anilines is 1. The summed E-state index contributed by atoms with van der Waals surface area (Å²) in [5, 5.41) is 2.60. The number of rotatable bonds is 11. The van der Waals surface area contributed by atoms with Crippen molar-refractivity contribution < 1.29 is 27.4 Å². The van der Waals surface area contributed by atoms with E-state index in [1.807, 2.05) is 33.8 Å². The van der Waals surface area contributed by atoms with Gasteiger partial charge in [-0.3, -0.25) is 4.79 Å². The van der Waals surface area contributed by atoms with Gasteiger partial charge in [-0.2, -0.15) is 0 Å². The van der Waals surface area contributed by atoms with Crippen LogP contribution in [0, 0.1) is 5.92 Å². The number of methoxy groups -OCH3 is 1. The van der Waals surface area contributed by atoms with Gasteiger partial charge in [0.1, 0.15) is 5.75 Å². The van der Waals surface area contributed by atoms with Gasteiger partial charge < -0.3 is 19.5 Å². The average molecular weight is 465 g/mol. The minimum absolute atomic E-state index is 0.0173. The molecule has 9 heteroatoms. The summed E-state index contributed by atoms with van der Waals surface area (Å²) >= 11 is 0. The Morgan fingerprint density at radius 1 is 0.969 bits per heavy atom. The van der Waals surface area contributed by atoms with E-state index in [9.17, 15) is 13.2 Å². The summed E-state index contributed by atoms with van der Waals surface area (Å²) in [6.07, 6.45) is 0. The number of carbonyl (C=O) groups is 1. The number of hydrogen-bond donors (Lipinski definition) is 2. The lowest BCUT2D eigenvalue weighted by Gasteiger charge is -2.24. The largest absolute Gasteiger partial charge is 0.495 e. The van der Waals surface area contributed by atoms with E-state index in [2.05, 4.69) is 10.0 Å². The zero-order valence-corrected chi connectivity index (χ0v) is 20.2. The van der Waals surface area contributed by atoms with Crippen LogP contribution in [-0.4, -0.2) is 34.6 Å². The van der Waals surface area contributed by atoms with Gasteiger partial charge in [0.25, 0.3) is 0 Å². The maximum Gasteiger partial charge on any atom is 0.241 e. The molecule has 2 N–H and O–H groups in total. The third-order valence-corrected chi connectivity index (χ3v) is 6.11. The van der Waals surface area contributed by atoms with Gasteiger partial charge >= 0.3 is 0 Å². The summed E-state index contributed by atoms with van der Waals surface area (Å²) in [5.74, 6) is 1.16. The molecule has 0 aromatic heterocycles. The van der Waals surface area contributed by atoms with Crippen molar-refractivity contribution >= 4 is 21.6 Å². The SMILES string of the molecule is CCOc1ccc(C(NS(=O)(=O)c2ccc(OC)c(NC(C)=O)c2)C(C)C)cc1OCC. The van der Waals surface area contributed by atoms with Crippen molar-refractivity contribution in [3.8, 4) is 17.2 Å². The Bertz CT molecular complexity index is 1040. The van der Waals surface area contributed by atoms with Crippen LogP contribution < -0.4 is 24.2 Å². The highest BCUT2D eigenvalue weighted by Crippen LogP contribution is 2.34. The summed E-state index contributed by atoms with van der Waals surface area (Å²) in [6.45, 7) is 9.92. The number of hydrogen-bond acceptors (Lipinski definition) is 6. The van der Waals surface area contributed by atoms with Crippen molar-refractivity contribution in [3.63, 3.8) is 0 Å². The number of benzene rings is 2. The first-order chi connectivity index (χ1) is 15.1. The first-order valence-corrected chi connectivity index (χ1v) is 12.0. The lowest BCUT2D eigenvalue weighted by Crippen LogP contribution is -2.32. The van der Waals surface area contributed by atoms with Crippen molar-refractivity contribution in [2.75, 3.05) is 25.6 Å². The Morgan fingerprint density at radius 3 is 2.16 bits per heavy atom. The van der Waals surface area contributed by atoms with Crippen LogP contribution in [0.4, 0.5) is 5.69 Å². The van der Waals surface area contributed by atoms with Gasteiger partial charge in [-0.15, -0.1) is 0 Å². The Balaban J connectivity index is 2.42. The maximum atomic E-state index is 13.2. The molecule has 0 radical (unpaired) electrons. The summed E-state index contributed by atoms with van der Waals surface area (Å²) in [7, 11) is -2.46. The highest BCUT2D eigenvalue weighted by molar-refractivity contribution is 7.89. The van der Waals surface area contributed by atoms with Gasteiger partial charge in [-0.25, -0.2) is 13.1 Å². The third kappa shape index (κ3) is 6.37. The summed E-state index contributed by atoms with van der Waals surface area (Å²) < 4.78 is 45.7. The second-order valence-electron chi connectivity index (χ2n) is 7.46. The smallest absolute Gasteiger partial charge is 0.241 e. The molecule has 2 rings (SSSR count). The van der Waals surface area contributed by atoms with Crippen LogP contribution in [0.25, 0.3) is 0 Å². The maximum absolute atomic E-state index is 13.2. The van der Waals surface area contributed by atoms with Crippen LogP contribution in [0.1, 0.15) is 46.2 Å². The van der Waals surface area contributed by atoms with E-state index in [1.54, 1.807) is 12.1 Å². The van der Waals surface area contributed by atoms with Crippen LogP contribution in [0.5, 0.6) is 17.2 Å². The summed E-state index contributed by atoms with van der Waals surface area (Å²) in [5.41, 5.74) is 1.04. The molecular formula is C23H32N2O6S. The molecule has 1 unspecified atom stereocenters. The molecule has 8 nitrogen and oxygen atoms in total. The van der Waals surface area contributed by atoms with Gasteiger partial charge in [-0.05, 0) is 55.7 Å². The average Bonchev–Trinajstić information content (AvgIpc) is 2.73. The monoisotopic (exact) mass is 464 g/mol. The molecule has 0 fully saturated rings. The summed E-state index contributed by atoms with van der Waals surface area (Å²) in [6, 6.07) is 9.23. The van der Waals surface area contributed by atoms with Crippen molar-refractivity contribution in [3.05, 3.63) is 42.0 Å². The fourth-order valence-electron chi connectivity index (χ4n) is 3.23. The van der Waals surface area contributed by atoms with Gasteiger partial charge in [0.15, 0.2) is 11.5 Å². The van der Waals surface area contributed by atoms with E-state index in [4.69, 9.17) is 14.2 Å². The highest BCUT2D eigenvalue weighted by atomic mass is 32.2. The van der Waals surface area contributed by atoms with Crippen molar-refractivity contribution in [2.24, 2.45) is 5.92 Å². The fraction of sp³-hybridized carbons (Fsp3) is 0.435. The molecule has 2 aromatic rings. The van der Waals surface area contributed by atoms with E-state index < -0.39 is 16.1 Å². The van der Waals surface area contributed by atoms with Crippen LogP contribution in [0.15, 0.2) is 41.3 Å². The number of nitrogens with one attached hydrogen (secondary N) is 2. The molecule has 2 aromatic carbocycles. The molecule has 0 spiro atoms. The molecule has 32 heavy (non-hydrogen) atoms. The van der Waals surface area contributed by atoms with Crippen LogP contribution in [0.2, 0.25) is 0 Å². The van der Waals surface area contributed by atoms with Gasteiger partial charge in [0, 0.05) is 13.0 Å². The number of ether oxygens (including phenoxy) is 3. The quantitative estimate of drug-likeness (QED) is 0.518. The lowest BCUT2D eigenvalue weighted by atomic mass is 9.97. The zero-order chi connectivity index (χ0) is 23.9. The molecule has 0 saturated heterocycles. The number of carbonyl (C=O) groups excluding carboxylic acids is 1. The first kappa shape index (κ1) is 25.5. The molecule has 0 aliphatic rings. The number of sulfonamides is 1. The highest BCUT2D eigenvalue weighted by Gasteiger charge is 2.26. The van der Waals surface area contributed by atoms with Gasteiger partial charge in [-0.1, -0.05) is 19.9 Å². The van der Waals surface area contributed by atoms with E-state index >= 15 is 0 Å². The molecule has 176 valence electrons.